The van der Waals surface area contributed by atoms with E-state index >= 15 is 0 Å². The van der Waals surface area contributed by atoms with Gasteiger partial charge in [0.15, 0.2) is 0 Å². The quantitative estimate of drug-likeness (QED) is 0.795. The Balaban J connectivity index is 1.61. The van der Waals surface area contributed by atoms with Gasteiger partial charge in [-0.25, -0.2) is 4.79 Å². The second-order valence-electron chi connectivity index (χ2n) is 7.62. The van der Waals surface area contributed by atoms with E-state index in [1.54, 1.807) is 6.92 Å². The van der Waals surface area contributed by atoms with Crippen LogP contribution in [0.15, 0.2) is 24.3 Å². The van der Waals surface area contributed by atoms with Crippen molar-refractivity contribution in [1.29, 1.82) is 0 Å². The van der Waals surface area contributed by atoms with E-state index in [-0.39, 0.29) is 18.4 Å². The van der Waals surface area contributed by atoms with Crippen LogP contribution in [-0.4, -0.2) is 35.8 Å². The molecule has 0 radical (unpaired) electrons. The third kappa shape index (κ3) is 3.74. The minimum atomic E-state index is -1.13. The highest BCUT2D eigenvalue weighted by molar-refractivity contribution is 6.09. The largest absolute Gasteiger partial charge is 0.354 e. The second-order valence-corrected chi connectivity index (χ2v) is 7.62. The molecule has 1 unspecified atom stereocenters. The molecule has 1 aromatic carbocycles. The molecule has 140 valence electrons. The molecule has 1 saturated carbocycles. The number of nitrogens with zero attached hydrogens (tertiary/aromatic N) is 1. The zero-order chi connectivity index (χ0) is 18.7. The van der Waals surface area contributed by atoms with Gasteiger partial charge in [0.05, 0.1) is 0 Å². The Hall–Kier alpha value is -2.37. The van der Waals surface area contributed by atoms with Crippen LogP contribution in [0.3, 0.4) is 0 Å². The summed E-state index contributed by atoms with van der Waals surface area (Å²) in [6.45, 7) is 4.03. The Labute approximate surface area is 154 Å². The van der Waals surface area contributed by atoms with Gasteiger partial charge in [-0.3, -0.25) is 14.5 Å². The normalized spacial score (nSPS) is 23.8. The van der Waals surface area contributed by atoms with Crippen molar-refractivity contribution >= 4 is 17.8 Å². The molecule has 1 aromatic rings. The molecule has 0 aromatic heterocycles. The minimum Gasteiger partial charge on any atom is -0.354 e. The van der Waals surface area contributed by atoms with Gasteiger partial charge in [0.2, 0.25) is 5.91 Å². The number of urea groups is 1. The highest BCUT2D eigenvalue weighted by atomic mass is 16.2. The number of aryl methyl sites for hydroxylation is 1. The van der Waals surface area contributed by atoms with Crippen LogP contribution >= 0.6 is 0 Å². The topological polar surface area (TPSA) is 78.5 Å². The summed E-state index contributed by atoms with van der Waals surface area (Å²) in [5.41, 5.74) is 0.661. The van der Waals surface area contributed by atoms with E-state index in [9.17, 15) is 14.4 Å². The average molecular weight is 357 g/mol. The smallest absolute Gasteiger partial charge is 0.325 e. The minimum absolute atomic E-state index is 0.237. The summed E-state index contributed by atoms with van der Waals surface area (Å²) in [5, 5.41) is 5.62. The van der Waals surface area contributed by atoms with Crippen molar-refractivity contribution < 1.29 is 14.4 Å². The Bertz CT molecular complexity index is 695. The monoisotopic (exact) mass is 357 g/mol. The molecule has 2 aliphatic rings. The molecule has 26 heavy (non-hydrogen) atoms. The molecular formula is C20H27N3O3. The van der Waals surface area contributed by atoms with Crippen LogP contribution in [-0.2, 0) is 15.1 Å². The van der Waals surface area contributed by atoms with E-state index in [2.05, 4.69) is 10.6 Å². The summed E-state index contributed by atoms with van der Waals surface area (Å²) in [5.74, 6) is -0.167. The Morgan fingerprint density at radius 2 is 1.85 bits per heavy atom. The van der Waals surface area contributed by atoms with Crippen LogP contribution in [0.25, 0.3) is 0 Å². The van der Waals surface area contributed by atoms with E-state index in [0.717, 1.165) is 23.3 Å². The van der Waals surface area contributed by atoms with Gasteiger partial charge in [-0.2, -0.15) is 0 Å². The lowest BCUT2D eigenvalue weighted by atomic mass is 9.89. The van der Waals surface area contributed by atoms with Crippen LogP contribution in [0.2, 0.25) is 0 Å². The Morgan fingerprint density at radius 1 is 1.19 bits per heavy atom. The SMILES string of the molecule is Cc1ccc(C2(C)NC(=O)N(CC(=O)NCC3CCCCC3)C2=O)cc1. The van der Waals surface area contributed by atoms with Crippen molar-refractivity contribution in [2.24, 2.45) is 5.92 Å². The summed E-state index contributed by atoms with van der Waals surface area (Å²) < 4.78 is 0. The van der Waals surface area contributed by atoms with Crippen molar-refractivity contribution in [2.45, 2.75) is 51.5 Å². The molecule has 0 bridgehead atoms. The number of amides is 4. The predicted octanol–water partition coefficient (Wildman–Crippen LogP) is 2.46. The predicted molar refractivity (Wildman–Crippen MR) is 98.4 cm³/mol. The summed E-state index contributed by atoms with van der Waals surface area (Å²) in [6.07, 6.45) is 5.96. The molecule has 3 rings (SSSR count). The van der Waals surface area contributed by atoms with Crippen LogP contribution in [0, 0.1) is 12.8 Å². The lowest BCUT2D eigenvalue weighted by molar-refractivity contribution is -0.134. The molecule has 1 heterocycles. The van der Waals surface area contributed by atoms with Crippen molar-refractivity contribution in [3.8, 4) is 0 Å². The maximum Gasteiger partial charge on any atom is 0.325 e. The molecule has 2 fully saturated rings. The van der Waals surface area contributed by atoms with E-state index in [1.807, 2.05) is 31.2 Å². The number of carbonyl (C=O) groups is 3. The summed E-state index contributed by atoms with van der Waals surface area (Å²) in [7, 11) is 0. The number of hydrogen-bond acceptors (Lipinski definition) is 3. The molecule has 6 heteroatoms. The van der Waals surface area contributed by atoms with Crippen LogP contribution in [0.1, 0.15) is 50.2 Å². The fraction of sp³-hybridized carbons (Fsp3) is 0.550. The van der Waals surface area contributed by atoms with Crippen molar-refractivity contribution in [1.82, 2.24) is 15.5 Å². The summed E-state index contributed by atoms with van der Waals surface area (Å²) >= 11 is 0. The van der Waals surface area contributed by atoms with Gasteiger partial charge >= 0.3 is 6.03 Å². The first-order valence-corrected chi connectivity index (χ1v) is 9.38. The average Bonchev–Trinajstić information content (AvgIpc) is 2.85. The molecule has 1 saturated heterocycles. The molecule has 1 aliphatic carbocycles. The van der Waals surface area contributed by atoms with Crippen molar-refractivity contribution in [3.63, 3.8) is 0 Å². The third-order valence-electron chi connectivity index (χ3n) is 5.52. The molecule has 1 atom stereocenters. The number of carbonyl (C=O) groups excluding carboxylic acids is 3. The maximum atomic E-state index is 12.8. The molecule has 6 nitrogen and oxygen atoms in total. The van der Waals surface area contributed by atoms with E-state index < -0.39 is 11.6 Å². The van der Waals surface area contributed by atoms with Gasteiger partial charge in [0.25, 0.3) is 5.91 Å². The Morgan fingerprint density at radius 3 is 2.50 bits per heavy atom. The summed E-state index contributed by atoms with van der Waals surface area (Å²) in [4.78, 5) is 38.4. The highest BCUT2D eigenvalue weighted by Gasteiger charge is 2.49. The first-order chi connectivity index (χ1) is 12.4. The van der Waals surface area contributed by atoms with Crippen LogP contribution in [0.5, 0.6) is 0 Å². The standard InChI is InChI=1S/C20H27N3O3/c1-14-8-10-16(11-9-14)20(2)18(25)23(19(26)22-20)13-17(24)21-12-15-6-4-3-5-7-15/h8-11,15H,3-7,12-13H2,1-2H3,(H,21,24)(H,22,26). The Kier molecular flexibility index (Phi) is 5.30. The fourth-order valence-electron chi connectivity index (χ4n) is 3.77. The number of rotatable bonds is 5. The molecule has 1 aliphatic heterocycles. The van der Waals surface area contributed by atoms with E-state index in [0.29, 0.717) is 18.0 Å². The van der Waals surface area contributed by atoms with Gasteiger partial charge in [0.1, 0.15) is 12.1 Å². The number of imide groups is 1. The number of benzene rings is 1. The van der Waals surface area contributed by atoms with Crippen molar-refractivity contribution in [2.75, 3.05) is 13.1 Å². The van der Waals surface area contributed by atoms with Gasteiger partial charge in [-0.15, -0.1) is 0 Å². The number of nitrogens with one attached hydrogen (secondary N) is 2. The maximum absolute atomic E-state index is 12.8. The number of hydrogen-bond donors (Lipinski definition) is 2. The van der Waals surface area contributed by atoms with Crippen LogP contribution < -0.4 is 10.6 Å². The molecule has 4 amide bonds. The first kappa shape index (κ1) is 18.4. The fourth-order valence-corrected chi connectivity index (χ4v) is 3.77. The van der Waals surface area contributed by atoms with E-state index in [4.69, 9.17) is 0 Å². The van der Waals surface area contributed by atoms with E-state index in [1.165, 1.54) is 19.3 Å². The van der Waals surface area contributed by atoms with Gasteiger partial charge < -0.3 is 10.6 Å². The lowest BCUT2D eigenvalue weighted by Gasteiger charge is -2.23. The van der Waals surface area contributed by atoms with Gasteiger partial charge in [-0.05, 0) is 38.2 Å². The van der Waals surface area contributed by atoms with Crippen LogP contribution in [0.4, 0.5) is 4.79 Å². The lowest BCUT2D eigenvalue weighted by Crippen LogP contribution is -2.44. The highest BCUT2D eigenvalue weighted by Crippen LogP contribution is 2.29. The van der Waals surface area contributed by atoms with Gasteiger partial charge in [-0.1, -0.05) is 49.1 Å². The zero-order valence-corrected chi connectivity index (χ0v) is 15.5. The summed E-state index contributed by atoms with van der Waals surface area (Å²) in [6, 6.07) is 6.95. The first-order valence-electron chi connectivity index (χ1n) is 9.38. The molecule has 2 N–H and O–H groups in total. The molecule has 0 spiro atoms. The van der Waals surface area contributed by atoms with Crippen molar-refractivity contribution in [3.05, 3.63) is 35.4 Å². The second kappa shape index (κ2) is 7.48. The zero-order valence-electron chi connectivity index (χ0n) is 15.5. The van der Waals surface area contributed by atoms with Gasteiger partial charge in [0, 0.05) is 6.54 Å². The third-order valence-corrected chi connectivity index (χ3v) is 5.52. The molecular weight excluding hydrogens is 330 g/mol.